The van der Waals surface area contributed by atoms with Gasteiger partial charge in [-0.15, -0.1) is 11.8 Å². The van der Waals surface area contributed by atoms with Gasteiger partial charge in [0.05, 0.1) is 11.3 Å². The highest BCUT2D eigenvalue weighted by atomic mass is 32.2. The lowest BCUT2D eigenvalue weighted by Gasteiger charge is -2.31. The lowest BCUT2D eigenvalue weighted by atomic mass is 10.0. The molecule has 3 rings (SSSR count). The second-order valence-corrected chi connectivity index (χ2v) is 7.58. The van der Waals surface area contributed by atoms with E-state index < -0.39 is 11.3 Å². The maximum atomic E-state index is 12.3. The van der Waals surface area contributed by atoms with E-state index in [9.17, 15) is 14.4 Å². The average molecular weight is 367 g/mol. The minimum Gasteiger partial charge on any atom is -0.302 e. The van der Waals surface area contributed by atoms with Crippen LogP contribution in [0.2, 0.25) is 0 Å². The van der Waals surface area contributed by atoms with Gasteiger partial charge < -0.3 is 4.79 Å². The fourth-order valence-corrected chi connectivity index (χ4v) is 4.24. The van der Waals surface area contributed by atoms with Gasteiger partial charge in [0, 0.05) is 18.6 Å². The first kappa shape index (κ1) is 18.4. The van der Waals surface area contributed by atoms with Crippen molar-refractivity contribution >= 4 is 29.9 Å². The van der Waals surface area contributed by atoms with E-state index in [4.69, 9.17) is 0 Å². The third-order valence-electron chi connectivity index (χ3n) is 4.52. The molecule has 2 aromatic carbocycles. The van der Waals surface area contributed by atoms with E-state index in [1.165, 1.54) is 16.7 Å². The highest BCUT2D eigenvalue weighted by Gasteiger charge is 2.40. The van der Waals surface area contributed by atoms with Crippen LogP contribution >= 0.6 is 11.8 Å². The second-order valence-electron chi connectivity index (χ2n) is 6.41. The molecule has 0 spiro atoms. The number of hydrogen-bond donors (Lipinski definition) is 0. The summed E-state index contributed by atoms with van der Waals surface area (Å²) in [4.78, 5) is 37.9. The monoisotopic (exact) mass is 367 g/mol. The molecule has 2 atom stereocenters. The molecule has 0 saturated carbocycles. The van der Waals surface area contributed by atoms with Crippen molar-refractivity contribution in [3.8, 4) is 0 Å². The molecule has 1 aliphatic heterocycles. The summed E-state index contributed by atoms with van der Waals surface area (Å²) in [5, 5.41) is -0.510. The molecule has 26 heavy (non-hydrogen) atoms. The summed E-state index contributed by atoms with van der Waals surface area (Å²) in [6.07, 6.45) is 1.29. The van der Waals surface area contributed by atoms with Gasteiger partial charge >= 0.3 is 0 Å². The number of carbonyl (C=O) groups is 3. The molecule has 134 valence electrons. The molecule has 1 saturated heterocycles. The molecular weight excluding hydrogens is 346 g/mol. The van der Waals surface area contributed by atoms with Gasteiger partial charge in [0.15, 0.2) is 0 Å². The molecule has 0 unspecified atom stereocenters. The zero-order chi connectivity index (χ0) is 18.5. The number of likely N-dealkylation sites (tertiary alicyclic amines) is 1. The van der Waals surface area contributed by atoms with Crippen LogP contribution in [0, 0.1) is 6.92 Å². The number of rotatable bonds is 7. The van der Waals surface area contributed by atoms with Crippen LogP contribution in [0.5, 0.6) is 0 Å². The highest BCUT2D eigenvalue weighted by Crippen LogP contribution is 2.36. The van der Waals surface area contributed by atoms with Gasteiger partial charge in [-0.3, -0.25) is 14.5 Å². The number of aryl methyl sites for hydroxylation is 1. The van der Waals surface area contributed by atoms with Gasteiger partial charge in [0.2, 0.25) is 11.8 Å². The Balaban J connectivity index is 1.89. The number of hydrogen-bond acceptors (Lipinski definition) is 4. The fourth-order valence-electron chi connectivity index (χ4n) is 3.12. The van der Waals surface area contributed by atoms with E-state index >= 15 is 0 Å². The Bertz CT molecular complexity index is 773. The maximum absolute atomic E-state index is 12.3. The van der Waals surface area contributed by atoms with E-state index in [1.807, 2.05) is 61.5 Å². The predicted octanol–water partition coefficient (Wildman–Crippen LogP) is 3.69. The topological polar surface area (TPSA) is 54.5 Å². The first-order valence-electron chi connectivity index (χ1n) is 8.62. The molecule has 1 fully saturated rings. The Kier molecular flexibility index (Phi) is 5.89. The number of thioether (sulfide) groups is 1. The summed E-state index contributed by atoms with van der Waals surface area (Å²) in [5.41, 5.74) is 3.01. The molecule has 0 N–H and O–H groups in total. The van der Waals surface area contributed by atoms with Gasteiger partial charge in [-0.05, 0) is 18.1 Å². The molecule has 0 radical (unpaired) electrons. The Labute approximate surface area is 157 Å². The number of benzene rings is 2. The lowest BCUT2D eigenvalue weighted by Crippen LogP contribution is -2.39. The van der Waals surface area contributed by atoms with Crippen LogP contribution in [0.25, 0.3) is 0 Å². The molecule has 5 heteroatoms. The van der Waals surface area contributed by atoms with Gasteiger partial charge in [-0.25, -0.2) is 0 Å². The average Bonchev–Trinajstić information content (AvgIpc) is 2.99. The Morgan fingerprint density at radius 2 is 1.62 bits per heavy atom. The van der Waals surface area contributed by atoms with Gasteiger partial charge in [-0.2, -0.15) is 0 Å². The minimum atomic E-state index is -0.565. The van der Waals surface area contributed by atoms with E-state index in [2.05, 4.69) is 0 Å². The Morgan fingerprint density at radius 3 is 2.19 bits per heavy atom. The number of amides is 2. The smallest absolute Gasteiger partial charge is 0.230 e. The van der Waals surface area contributed by atoms with Crippen LogP contribution in [0.1, 0.15) is 35.6 Å². The van der Waals surface area contributed by atoms with Crippen molar-refractivity contribution < 1.29 is 14.4 Å². The van der Waals surface area contributed by atoms with Gasteiger partial charge in [0.25, 0.3) is 0 Å². The molecule has 1 heterocycles. The number of aldehydes is 1. The van der Waals surface area contributed by atoms with E-state index in [-0.39, 0.29) is 24.7 Å². The fraction of sp³-hybridized carbons (Fsp3) is 0.286. The Hall–Kier alpha value is -2.40. The molecule has 0 aliphatic carbocycles. The molecular formula is C21H21NO3S. The molecule has 2 amide bonds. The van der Waals surface area contributed by atoms with Crippen molar-refractivity contribution in [3.63, 3.8) is 0 Å². The van der Waals surface area contributed by atoms with E-state index in [1.54, 1.807) is 0 Å². The van der Waals surface area contributed by atoms with Crippen molar-refractivity contribution in [1.82, 2.24) is 4.90 Å². The third kappa shape index (κ3) is 4.05. The largest absolute Gasteiger partial charge is 0.302 e. The first-order valence-corrected chi connectivity index (χ1v) is 9.67. The van der Waals surface area contributed by atoms with Crippen molar-refractivity contribution in [1.29, 1.82) is 0 Å². The molecule has 1 aliphatic rings. The van der Waals surface area contributed by atoms with Crippen molar-refractivity contribution in [2.45, 2.75) is 36.8 Å². The van der Waals surface area contributed by atoms with E-state index in [0.717, 1.165) is 23.0 Å². The highest BCUT2D eigenvalue weighted by molar-refractivity contribution is 7.99. The van der Waals surface area contributed by atoms with Crippen molar-refractivity contribution in [2.75, 3.05) is 0 Å². The maximum Gasteiger partial charge on any atom is 0.230 e. The molecule has 4 nitrogen and oxygen atoms in total. The zero-order valence-electron chi connectivity index (χ0n) is 14.6. The normalized spacial score (nSPS) is 16.6. The molecule has 0 aromatic heterocycles. The van der Waals surface area contributed by atoms with Crippen LogP contribution in [0.4, 0.5) is 0 Å². The summed E-state index contributed by atoms with van der Waals surface area (Å²) in [5.74, 6) is 0.239. The second kappa shape index (κ2) is 8.32. The summed E-state index contributed by atoms with van der Waals surface area (Å²) in [7, 11) is 0. The van der Waals surface area contributed by atoms with Gasteiger partial charge in [-0.1, -0.05) is 60.2 Å². The SMILES string of the molecule is Cc1ccc([C@H]([C@H](C=O)SCc2ccccc2)N2C(=O)CCC2=O)cc1. The van der Waals surface area contributed by atoms with Crippen LogP contribution in [0.15, 0.2) is 54.6 Å². The minimum absolute atomic E-state index is 0.201. The van der Waals surface area contributed by atoms with Crippen LogP contribution < -0.4 is 0 Å². The summed E-state index contributed by atoms with van der Waals surface area (Å²) >= 11 is 1.46. The van der Waals surface area contributed by atoms with E-state index in [0.29, 0.717) is 5.75 Å². The van der Waals surface area contributed by atoms with Crippen LogP contribution in [0.3, 0.4) is 0 Å². The van der Waals surface area contributed by atoms with Crippen molar-refractivity contribution in [3.05, 3.63) is 71.3 Å². The number of imide groups is 1. The molecule has 2 aromatic rings. The summed E-state index contributed by atoms with van der Waals surface area (Å²) in [6.45, 7) is 1.98. The van der Waals surface area contributed by atoms with Gasteiger partial charge in [0.1, 0.15) is 6.29 Å². The predicted molar refractivity (Wildman–Crippen MR) is 103 cm³/mol. The number of carbonyl (C=O) groups excluding carboxylic acids is 3. The lowest BCUT2D eigenvalue weighted by molar-refractivity contribution is -0.141. The quantitative estimate of drug-likeness (QED) is 0.553. The standard InChI is InChI=1S/C21H21NO3S/c1-15-7-9-17(10-8-15)21(22-19(24)11-12-20(22)25)18(13-23)26-14-16-5-3-2-4-6-16/h2-10,13,18,21H,11-12,14H2,1H3/t18-,21+/m0/s1. The third-order valence-corrected chi connectivity index (χ3v) is 5.77. The summed E-state index contributed by atoms with van der Waals surface area (Å²) in [6, 6.07) is 17.0. The zero-order valence-corrected chi connectivity index (χ0v) is 15.4. The van der Waals surface area contributed by atoms with Crippen LogP contribution in [-0.2, 0) is 20.1 Å². The Morgan fingerprint density at radius 1 is 1.00 bits per heavy atom. The van der Waals surface area contributed by atoms with Crippen molar-refractivity contribution in [2.24, 2.45) is 0 Å². The molecule has 0 bridgehead atoms. The first-order chi connectivity index (χ1) is 12.6. The van der Waals surface area contributed by atoms with Crippen LogP contribution in [-0.4, -0.2) is 28.3 Å². The number of nitrogens with zero attached hydrogens (tertiary/aromatic N) is 1. The summed E-state index contributed by atoms with van der Waals surface area (Å²) < 4.78 is 0.